The molecule has 0 aliphatic rings. The van der Waals surface area contributed by atoms with Crippen molar-refractivity contribution in [2.24, 2.45) is 0 Å². The first kappa shape index (κ1) is 21.2. The van der Waals surface area contributed by atoms with Crippen LogP contribution in [0.15, 0.2) is 76.8 Å². The van der Waals surface area contributed by atoms with Gasteiger partial charge in [-0.1, -0.05) is 45.8 Å². The number of hydrogen-bond acceptors (Lipinski definition) is 4. The molecule has 0 heterocycles. The number of benzene rings is 3. The fourth-order valence-corrected chi connectivity index (χ4v) is 3.04. The number of nitriles is 1. The van der Waals surface area contributed by atoms with E-state index in [0.29, 0.717) is 23.6 Å². The van der Waals surface area contributed by atoms with Gasteiger partial charge in [0.15, 0.2) is 0 Å². The molecule has 0 aliphatic heterocycles. The second-order valence-electron chi connectivity index (χ2n) is 6.63. The predicted octanol–water partition coefficient (Wildman–Crippen LogP) is 5.59. The predicted molar refractivity (Wildman–Crippen MR) is 120 cm³/mol. The maximum atomic E-state index is 12.5. The molecular weight excluding hydrogens is 444 g/mol. The van der Waals surface area contributed by atoms with E-state index in [9.17, 15) is 15.2 Å². The van der Waals surface area contributed by atoms with Crippen LogP contribution in [0, 0.1) is 18.3 Å². The molecule has 0 saturated carbocycles. The molecule has 0 radical (unpaired) electrons. The van der Waals surface area contributed by atoms with Gasteiger partial charge in [-0.15, -0.1) is 0 Å². The Morgan fingerprint density at radius 2 is 1.83 bits per heavy atom. The van der Waals surface area contributed by atoms with Crippen molar-refractivity contribution in [3.63, 3.8) is 0 Å². The van der Waals surface area contributed by atoms with Gasteiger partial charge in [0.25, 0.3) is 5.91 Å². The van der Waals surface area contributed by atoms with Gasteiger partial charge in [0.2, 0.25) is 0 Å². The number of halogens is 1. The first-order chi connectivity index (χ1) is 14.4. The molecule has 0 unspecified atom stereocenters. The van der Waals surface area contributed by atoms with Gasteiger partial charge in [-0.3, -0.25) is 4.79 Å². The number of amides is 1. The highest BCUT2D eigenvalue weighted by atomic mass is 79.9. The zero-order valence-corrected chi connectivity index (χ0v) is 17.8. The van der Waals surface area contributed by atoms with Gasteiger partial charge in [-0.25, -0.2) is 0 Å². The minimum absolute atomic E-state index is 0.0682. The minimum Gasteiger partial charge on any atom is -0.508 e. The molecule has 3 rings (SSSR count). The Kier molecular flexibility index (Phi) is 6.89. The summed E-state index contributed by atoms with van der Waals surface area (Å²) in [6.45, 7) is 2.39. The van der Waals surface area contributed by atoms with E-state index in [1.807, 2.05) is 43.3 Å². The van der Waals surface area contributed by atoms with Crippen LogP contribution < -0.4 is 10.1 Å². The van der Waals surface area contributed by atoms with Gasteiger partial charge in [0, 0.05) is 15.7 Å². The van der Waals surface area contributed by atoms with E-state index in [1.54, 1.807) is 24.3 Å². The van der Waals surface area contributed by atoms with Crippen LogP contribution in [0.1, 0.15) is 16.7 Å². The van der Waals surface area contributed by atoms with Crippen molar-refractivity contribution in [1.82, 2.24) is 0 Å². The fourth-order valence-electron chi connectivity index (χ4n) is 2.66. The lowest BCUT2D eigenvalue weighted by Crippen LogP contribution is -2.13. The molecule has 5 nitrogen and oxygen atoms in total. The number of nitrogens with one attached hydrogen (secondary N) is 1. The van der Waals surface area contributed by atoms with Crippen molar-refractivity contribution in [1.29, 1.82) is 5.26 Å². The van der Waals surface area contributed by atoms with E-state index in [-0.39, 0.29) is 11.3 Å². The van der Waals surface area contributed by atoms with Crippen LogP contribution in [-0.2, 0) is 11.4 Å². The van der Waals surface area contributed by atoms with E-state index >= 15 is 0 Å². The number of rotatable bonds is 6. The third kappa shape index (κ3) is 5.72. The van der Waals surface area contributed by atoms with Gasteiger partial charge in [0.1, 0.15) is 29.7 Å². The highest BCUT2D eigenvalue weighted by Crippen LogP contribution is 2.27. The van der Waals surface area contributed by atoms with E-state index in [1.165, 1.54) is 23.8 Å². The number of phenolic OH excluding ortho intramolecular Hbond substituents is 1. The first-order valence-electron chi connectivity index (χ1n) is 9.14. The smallest absolute Gasteiger partial charge is 0.266 e. The number of anilines is 1. The van der Waals surface area contributed by atoms with Crippen LogP contribution in [-0.4, -0.2) is 11.0 Å². The molecule has 0 spiro atoms. The number of nitrogens with zero attached hydrogens (tertiary/aromatic N) is 1. The molecule has 6 heteroatoms. The standard InChI is InChI=1S/C24H19BrN2O3/c1-16-2-4-17(5-3-16)15-30-23-11-6-20(25)13-18(23)12-19(14-26)24(29)27-21-7-9-22(28)10-8-21/h2-13,28H,15H2,1H3,(H,27,29)/b19-12+. The lowest BCUT2D eigenvalue weighted by molar-refractivity contribution is -0.112. The molecule has 0 bridgehead atoms. The summed E-state index contributed by atoms with van der Waals surface area (Å²) in [6.07, 6.45) is 1.49. The molecule has 30 heavy (non-hydrogen) atoms. The molecular formula is C24H19BrN2O3. The Bertz CT molecular complexity index is 1110. The summed E-state index contributed by atoms with van der Waals surface area (Å²) in [4.78, 5) is 12.5. The Morgan fingerprint density at radius 3 is 2.50 bits per heavy atom. The zero-order valence-electron chi connectivity index (χ0n) is 16.2. The van der Waals surface area contributed by atoms with Crippen LogP contribution in [0.25, 0.3) is 6.08 Å². The second-order valence-corrected chi connectivity index (χ2v) is 7.54. The van der Waals surface area contributed by atoms with Gasteiger partial charge in [-0.05, 0) is 61.0 Å². The van der Waals surface area contributed by atoms with Crippen LogP contribution in [0.5, 0.6) is 11.5 Å². The topological polar surface area (TPSA) is 82.3 Å². The zero-order chi connectivity index (χ0) is 21.5. The largest absolute Gasteiger partial charge is 0.508 e. The third-order valence-electron chi connectivity index (χ3n) is 4.28. The van der Waals surface area contributed by atoms with Crippen molar-refractivity contribution in [3.05, 3.63) is 93.5 Å². The highest BCUT2D eigenvalue weighted by Gasteiger charge is 2.12. The van der Waals surface area contributed by atoms with Crippen molar-refractivity contribution in [2.75, 3.05) is 5.32 Å². The van der Waals surface area contributed by atoms with Crippen LogP contribution in [0.2, 0.25) is 0 Å². The summed E-state index contributed by atoms with van der Waals surface area (Å²) < 4.78 is 6.74. The Balaban J connectivity index is 1.81. The second kappa shape index (κ2) is 9.77. The number of carbonyl (C=O) groups excluding carboxylic acids is 1. The van der Waals surface area contributed by atoms with Crippen molar-refractivity contribution < 1.29 is 14.6 Å². The minimum atomic E-state index is -0.548. The number of aromatic hydroxyl groups is 1. The lowest BCUT2D eigenvalue weighted by Gasteiger charge is -2.11. The summed E-state index contributed by atoms with van der Waals surface area (Å²) >= 11 is 3.42. The van der Waals surface area contributed by atoms with Gasteiger partial charge in [0.05, 0.1) is 0 Å². The lowest BCUT2D eigenvalue weighted by atomic mass is 10.1. The van der Waals surface area contributed by atoms with E-state index in [0.717, 1.165) is 10.0 Å². The van der Waals surface area contributed by atoms with E-state index in [2.05, 4.69) is 21.2 Å². The number of hydrogen-bond donors (Lipinski definition) is 2. The monoisotopic (exact) mass is 462 g/mol. The van der Waals surface area contributed by atoms with Gasteiger partial charge < -0.3 is 15.2 Å². The maximum Gasteiger partial charge on any atom is 0.266 e. The number of carbonyl (C=O) groups is 1. The summed E-state index contributed by atoms with van der Waals surface area (Å²) in [6, 6.07) is 21.4. The van der Waals surface area contributed by atoms with Crippen molar-refractivity contribution in [3.8, 4) is 17.6 Å². The molecule has 3 aromatic rings. The van der Waals surface area contributed by atoms with E-state index < -0.39 is 5.91 Å². The summed E-state index contributed by atoms with van der Waals surface area (Å²) in [7, 11) is 0. The van der Waals surface area contributed by atoms with Crippen LogP contribution in [0.3, 0.4) is 0 Å². The molecule has 1 amide bonds. The SMILES string of the molecule is Cc1ccc(COc2ccc(Br)cc2/C=C(\C#N)C(=O)Nc2ccc(O)cc2)cc1. The van der Waals surface area contributed by atoms with Crippen LogP contribution >= 0.6 is 15.9 Å². The van der Waals surface area contributed by atoms with Crippen molar-refractivity contribution in [2.45, 2.75) is 13.5 Å². The average Bonchev–Trinajstić information content (AvgIpc) is 2.74. The molecule has 0 aromatic heterocycles. The Hall–Kier alpha value is -3.56. The molecule has 0 atom stereocenters. The summed E-state index contributed by atoms with van der Waals surface area (Å²) in [5.74, 6) is 0.102. The molecule has 3 aromatic carbocycles. The van der Waals surface area contributed by atoms with Gasteiger partial charge >= 0.3 is 0 Å². The normalized spacial score (nSPS) is 10.9. The van der Waals surface area contributed by atoms with E-state index in [4.69, 9.17) is 4.74 Å². The molecule has 0 aliphatic carbocycles. The average molecular weight is 463 g/mol. The Labute approximate surface area is 183 Å². The van der Waals surface area contributed by atoms with Crippen molar-refractivity contribution >= 4 is 33.6 Å². The van der Waals surface area contributed by atoms with Gasteiger partial charge in [-0.2, -0.15) is 5.26 Å². The summed E-state index contributed by atoms with van der Waals surface area (Å²) in [5.41, 5.74) is 3.20. The number of aryl methyl sites for hydroxylation is 1. The Morgan fingerprint density at radius 1 is 1.13 bits per heavy atom. The van der Waals surface area contributed by atoms with Crippen LogP contribution in [0.4, 0.5) is 5.69 Å². The molecule has 150 valence electrons. The molecule has 0 fully saturated rings. The third-order valence-corrected chi connectivity index (χ3v) is 4.77. The number of ether oxygens (including phenoxy) is 1. The quantitative estimate of drug-likeness (QED) is 0.284. The molecule has 2 N–H and O–H groups in total. The maximum absolute atomic E-state index is 12.5. The molecule has 0 saturated heterocycles. The highest BCUT2D eigenvalue weighted by molar-refractivity contribution is 9.10. The summed E-state index contributed by atoms with van der Waals surface area (Å²) in [5, 5.41) is 21.5. The number of phenols is 1. The first-order valence-corrected chi connectivity index (χ1v) is 9.94. The fraction of sp³-hybridized carbons (Fsp3) is 0.0833.